The van der Waals surface area contributed by atoms with E-state index in [9.17, 15) is 0 Å². The number of nitrogens with zero attached hydrogens (tertiary/aromatic N) is 2. The number of anilines is 1. The molecule has 0 saturated heterocycles. The Kier molecular flexibility index (Phi) is 6.13. The van der Waals surface area contributed by atoms with Crippen LogP contribution in [0.1, 0.15) is 0 Å². The number of benzene rings is 2. The number of para-hydroxylation sites is 2. The molecule has 3 N–H and O–H groups in total. The lowest BCUT2D eigenvalue weighted by molar-refractivity contribution is 0.192. The van der Waals surface area contributed by atoms with Crippen LogP contribution < -0.4 is 24.7 Å². The molecule has 0 saturated carbocycles. The Labute approximate surface area is 162 Å². The van der Waals surface area contributed by atoms with E-state index in [1.165, 1.54) is 7.11 Å². The molecule has 3 rings (SSSR count). The molecule has 0 amide bonds. The number of methoxy groups -OCH3 is 2. The van der Waals surface area contributed by atoms with E-state index in [1.54, 1.807) is 37.4 Å². The standard InChI is InChI=1S/C20H21N3O5/c1-25-14-9-7-13(8-10-14)19-22-18(21)17(20(23-19)27-12-11-24)28-16-6-4-3-5-15(16)26-2/h3-10,24H,11-12H2,1-2H3,(H2,21,22,23). The minimum atomic E-state index is -0.185. The van der Waals surface area contributed by atoms with Gasteiger partial charge in [-0.3, -0.25) is 0 Å². The van der Waals surface area contributed by atoms with Crippen LogP contribution in [0.4, 0.5) is 5.82 Å². The third-order valence-electron chi connectivity index (χ3n) is 3.82. The van der Waals surface area contributed by atoms with Gasteiger partial charge in [0.05, 0.1) is 20.8 Å². The van der Waals surface area contributed by atoms with E-state index in [-0.39, 0.29) is 30.7 Å². The molecule has 0 spiro atoms. The Morgan fingerprint density at radius 2 is 1.64 bits per heavy atom. The summed E-state index contributed by atoms with van der Waals surface area (Å²) in [6.07, 6.45) is 0. The molecule has 8 nitrogen and oxygen atoms in total. The third-order valence-corrected chi connectivity index (χ3v) is 3.82. The highest BCUT2D eigenvalue weighted by Crippen LogP contribution is 2.39. The number of rotatable bonds is 8. The zero-order valence-electron chi connectivity index (χ0n) is 15.6. The molecule has 146 valence electrons. The van der Waals surface area contributed by atoms with Gasteiger partial charge in [0.2, 0.25) is 5.75 Å². The number of aliphatic hydroxyl groups excluding tert-OH is 1. The maximum Gasteiger partial charge on any atom is 0.263 e. The summed E-state index contributed by atoms with van der Waals surface area (Å²) in [5, 5.41) is 9.13. The summed E-state index contributed by atoms with van der Waals surface area (Å²) in [6.45, 7) is -0.156. The zero-order chi connectivity index (χ0) is 19.9. The van der Waals surface area contributed by atoms with Crippen molar-refractivity contribution in [3.05, 3.63) is 48.5 Å². The molecule has 8 heteroatoms. The fourth-order valence-electron chi connectivity index (χ4n) is 2.46. The summed E-state index contributed by atoms with van der Waals surface area (Å²) in [7, 11) is 3.13. The number of nitrogen functional groups attached to an aromatic ring is 1. The van der Waals surface area contributed by atoms with Crippen LogP contribution in [0.15, 0.2) is 48.5 Å². The first-order chi connectivity index (χ1) is 13.7. The first-order valence-corrected chi connectivity index (χ1v) is 8.52. The second kappa shape index (κ2) is 8.92. The molecule has 2 aromatic carbocycles. The topological polar surface area (TPSA) is 109 Å². The van der Waals surface area contributed by atoms with E-state index in [2.05, 4.69) is 9.97 Å². The summed E-state index contributed by atoms with van der Waals surface area (Å²) in [6, 6.07) is 14.3. The molecular weight excluding hydrogens is 362 g/mol. The lowest BCUT2D eigenvalue weighted by Gasteiger charge is -2.15. The number of hydrogen-bond acceptors (Lipinski definition) is 8. The second-order valence-corrected chi connectivity index (χ2v) is 5.62. The fourth-order valence-corrected chi connectivity index (χ4v) is 2.46. The van der Waals surface area contributed by atoms with E-state index in [0.29, 0.717) is 23.1 Å². The molecule has 3 aromatic rings. The minimum Gasteiger partial charge on any atom is -0.497 e. The van der Waals surface area contributed by atoms with Crippen molar-refractivity contribution in [1.82, 2.24) is 9.97 Å². The van der Waals surface area contributed by atoms with Crippen molar-refractivity contribution in [2.45, 2.75) is 0 Å². The predicted molar refractivity (Wildman–Crippen MR) is 104 cm³/mol. The van der Waals surface area contributed by atoms with Gasteiger partial charge in [0.15, 0.2) is 23.1 Å². The maximum absolute atomic E-state index is 9.13. The first kappa shape index (κ1) is 19.2. The quantitative estimate of drug-likeness (QED) is 0.611. The number of nitrogens with two attached hydrogens (primary N) is 1. The average molecular weight is 383 g/mol. The first-order valence-electron chi connectivity index (χ1n) is 8.52. The van der Waals surface area contributed by atoms with Crippen LogP contribution in [0.2, 0.25) is 0 Å². The maximum atomic E-state index is 9.13. The van der Waals surface area contributed by atoms with Crippen LogP contribution in [0.25, 0.3) is 11.4 Å². The van der Waals surface area contributed by atoms with Crippen molar-refractivity contribution < 1.29 is 24.1 Å². The molecule has 0 atom stereocenters. The Balaban J connectivity index is 2.01. The van der Waals surface area contributed by atoms with Gasteiger partial charge in [-0.15, -0.1) is 0 Å². The van der Waals surface area contributed by atoms with Crippen molar-refractivity contribution in [2.75, 3.05) is 33.2 Å². The Morgan fingerprint density at radius 3 is 2.29 bits per heavy atom. The molecule has 0 bridgehead atoms. The number of aliphatic hydroxyl groups is 1. The molecule has 0 fully saturated rings. The fraction of sp³-hybridized carbons (Fsp3) is 0.200. The highest BCUT2D eigenvalue weighted by molar-refractivity contribution is 5.64. The lowest BCUT2D eigenvalue weighted by Crippen LogP contribution is -2.08. The van der Waals surface area contributed by atoms with Crippen molar-refractivity contribution >= 4 is 5.82 Å². The third kappa shape index (κ3) is 4.24. The Hall–Kier alpha value is -3.52. The van der Waals surface area contributed by atoms with Gasteiger partial charge < -0.3 is 29.8 Å². The normalized spacial score (nSPS) is 10.4. The van der Waals surface area contributed by atoms with E-state index in [0.717, 1.165) is 5.56 Å². The van der Waals surface area contributed by atoms with Crippen LogP contribution in [-0.4, -0.2) is 42.5 Å². The summed E-state index contributed by atoms with van der Waals surface area (Å²) >= 11 is 0. The summed E-state index contributed by atoms with van der Waals surface area (Å²) in [5.74, 6) is 2.40. The Bertz CT molecular complexity index is 932. The van der Waals surface area contributed by atoms with Crippen molar-refractivity contribution in [1.29, 1.82) is 0 Å². The van der Waals surface area contributed by atoms with Crippen molar-refractivity contribution in [2.24, 2.45) is 0 Å². The molecule has 28 heavy (non-hydrogen) atoms. The summed E-state index contributed by atoms with van der Waals surface area (Å²) < 4.78 is 21.9. The molecule has 0 aliphatic rings. The molecule has 0 aliphatic heterocycles. The van der Waals surface area contributed by atoms with Gasteiger partial charge in [0, 0.05) is 5.56 Å². The van der Waals surface area contributed by atoms with Crippen LogP contribution >= 0.6 is 0 Å². The van der Waals surface area contributed by atoms with Crippen LogP contribution in [0.5, 0.6) is 28.9 Å². The van der Waals surface area contributed by atoms with E-state index < -0.39 is 0 Å². The molecule has 1 aromatic heterocycles. The molecule has 0 unspecified atom stereocenters. The van der Waals surface area contributed by atoms with E-state index in [4.69, 9.17) is 29.8 Å². The van der Waals surface area contributed by atoms with Gasteiger partial charge in [0.1, 0.15) is 12.4 Å². The molecular formula is C20H21N3O5. The Morgan fingerprint density at radius 1 is 0.929 bits per heavy atom. The largest absolute Gasteiger partial charge is 0.497 e. The lowest BCUT2D eigenvalue weighted by atomic mass is 10.2. The van der Waals surface area contributed by atoms with Gasteiger partial charge in [0.25, 0.3) is 5.88 Å². The average Bonchev–Trinajstić information content (AvgIpc) is 2.74. The highest BCUT2D eigenvalue weighted by atomic mass is 16.5. The van der Waals surface area contributed by atoms with Gasteiger partial charge in [-0.05, 0) is 36.4 Å². The van der Waals surface area contributed by atoms with Gasteiger partial charge >= 0.3 is 0 Å². The van der Waals surface area contributed by atoms with E-state index >= 15 is 0 Å². The highest BCUT2D eigenvalue weighted by Gasteiger charge is 2.19. The van der Waals surface area contributed by atoms with Gasteiger partial charge in [-0.25, -0.2) is 4.98 Å². The number of aromatic nitrogens is 2. The van der Waals surface area contributed by atoms with Crippen LogP contribution in [-0.2, 0) is 0 Å². The second-order valence-electron chi connectivity index (χ2n) is 5.62. The van der Waals surface area contributed by atoms with Crippen molar-refractivity contribution in [3.63, 3.8) is 0 Å². The van der Waals surface area contributed by atoms with Crippen LogP contribution in [0, 0.1) is 0 Å². The molecule has 0 radical (unpaired) electrons. The summed E-state index contributed by atoms with van der Waals surface area (Å²) in [5.41, 5.74) is 6.87. The SMILES string of the molecule is COc1ccc(-c2nc(N)c(Oc3ccccc3OC)c(OCCO)n2)cc1. The smallest absolute Gasteiger partial charge is 0.263 e. The monoisotopic (exact) mass is 383 g/mol. The molecule has 1 heterocycles. The van der Waals surface area contributed by atoms with E-state index in [1.807, 2.05) is 18.2 Å². The van der Waals surface area contributed by atoms with Crippen LogP contribution in [0.3, 0.4) is 0 Å². The zero-order valence-corrected chi connectivity index (χ0v) is 15.6. The predicted octanol–water partition coefficient (Wildman–Crippen LogP) is 2.91. The number of hydrogen-bond donors (Lipinski definition) is 2. The molecule has 0 aliphatic carbocycles. The van der Waals surface area contributed by atoms with Gasteiger partial charge in [-0.1, -0.05) is 12.1 Å². The number of ether oxygens (including phenoxy) is 4. The van der Waals surface area contributed by atoms with Crippen molar-refractivity contribution in [3.8, 4) is 40.3 Å². The minimum absolute atomic E-state index is 0.0286. The van der Waals surface area contributed by atoms with Gasteiger partial charge in [-0.2, -0.15) is 4.98 Å². The summed E-state index contributed by atoms with van der Waals surface area (Å²) in [4.78, 5) is 8.75.